The molecule has 2 aromatic carbocycles. The highest BCUT2D eigenvalue weighted by atomic mass is 79.9. The highest BCUT2D eigenvalue weighted by Crippen LogP contribution is 2.13. The van der Waals surface area contributed by atoms with Gasteiger partial charge in [0.05, 0.1) is 0 Å². The average Bonchev–Trinajstić information content (AvgIpc) is 2.49. The lowest BCUT2D eigenvalue weighted by Crippen LogP contribution is -2.26. The number of nitrogens with zero attached hydrogens (tertiary/aromatic N) is 1. The van der Waals surface area contributed by atoms with Crippen LogP contribution in [0.1, 0.15) is 28.4 Å². The Hall–Kier alpha value is -1.61. The molecule has 0 aromatic heterocycles. The Balaban J connectivity index is 2.05. The monoisotopic (exact) mass is 331 g/mol. The molecule has 0 radical (unpaired) electrons. The van der Waals surface area contributed by atoms with Crippen molar-refractivity contribution in [3.63, 3.8) is 0 Å². The van der Waals surface area contributed by atoms with Crippen molar-refractivity contribution < 1.29 is 4.79 Å². The first kappa shape index (κ1) is 14.8. The van der Waals surface area contributed by atoms with Crippen molar-refractivity contribution in [2.24, 2.45) is 0 Å². The van der Waals surface area contributed by atoms with Gasteiger partial charge in [0.2, 0.25) is 0 Å². The smallest absolute Gasteiger partial charge is 0.253 e. The molecule has 0 atom stereocenters. The molecule has 0 fully saturated rings. The van der Waals surface area contributed by atoms with Crippen LogP contribution in [0.3, 0.4) is 0 Å². The topological polar surface area (TPSA) is 20.3 Å². The lowest BCUT2D eigenvalue weighted by atomic mass is 10.1. The minimum Gasteiger partial charge on any atom is -0.337 e. The van der Waals surface area contributed by atoms with Gasteiger partial charge in [0, 0.05) is 23.6 Å². The summed E-state index contributed by atoms with van der Waals surface area (Å²) < 4.78 is 1.05. The number of rotatable bonds is 4. The highest BCUT2D eigenvalue weighted by Gasteiger charge is 2.11. The Bertz CT molecular complexity index is 575. The Kier molecular flexibility index (Phi) is 4.96. The van der Waals surface area contributed by atoms with Crippen molar-refractivity contribution in [1.29, 1.82) is 0 Å². The van der Waals surface area contributed by atoms with Crippen molar-refractivity contribution in [3.8, 4) is 0 Å². The molecule has 2 aromatic rings. The van der Waals surface area contributed by atoms with Crippen molar-refractivity contribution in [2.75, 3.05) is 7.05 Å². The van der Waals surface area contributed by atoms with Gasteiger partial charge < -0.3 is 4.90 Å². The molecule has 3 heteroatoms. The third-order valence-corrected chi connectivity index (χ3v) is 3.82. The number of benzene rings is 2. The Labute approximate surface area is 128 Å². The number of halogens is 1. The fourth-order valence-electron chi connectivity index (χ4n) is 2.04. The fraction of sp³-hybridized carbons (Fsp3) is 0.235. The van der Waals surface area contributed by atoms with Crippen molar-refractivity contribution in [3.05, 3.63) is 69.7 Å². The number of carbonyl (C=O) groups excluding carboxylic acids is 1. The van der Waals surface area contributed by atoms with Crippen LogP contribution in [0, 0.1) is 0 Å². The summed E-state index contributed by atoms with van der Waals surface area (Å²) in [6.45, 7) is 2.72. The van der Waals surface area contributed by atoms with Gasteiger partial charge in [-0.1, -0.05) is 47.1 Å². The molecule has 0 aliphatic carbocycles. The molecule has 0 unspecified atom stereocenters. The van der Waals surface area contributed by atoms with E-state index in [1.165, 1.54) is 5.56 Å². The van der Waals surface area contributed by atoms with Crippen LogP contribution < -0.4 is 0 Å². The van der Waals surface area contributed by atoms with Gasteiger partial charge in [-0.15, -0.1) is 0 Å². The SMILES string of the molecule is CCc1ccc(C(=O)N(C)Cc2ccc(Br)cc2)cc1. The van der Waals surface area contributed by atoms with E-state index in [9.17, 15) is 4.79 Å². The summed E-state index contributed by atoms with van der Waals surface area (Å²) in [5.41, 5.74) is 3.10. The molecule has 20 heavy (non-hydrogen) atoms. The second kappa shape index (κ2) is 6.71. The van der Waals surface area contributed by atoms with Crippen molar-refractivity contribution in [1.82, 2.24) is 4.90 Å². The average molecular weight is 332 g/mol. The number of amides is 1. The Morgan fingerprint density at radius 3 is 2.10 bits per heavy atom. The molecule has 2 nitrogen and oxygen atoms in total. The summed E-state index contributed by atoms with van der Waals surface area (Å²) in [5, 5.41) is 0. The molecule has 0 aliphatic heterocycles. The summed E-state index contributed by atoms with van der Waals surface area (Å²) in [7, 11) is 1.83. The molecule has 0 spiro atoms. The molecule has 104 valence electrons. The van der Waals surface area contributed by atoms with E-state index in [-0.39, 0.29) is 5.91 Å². The van der Waals surface area contributed by atoms with Crippen LogP contribution in [0.2, 0.25) is 0 Å². The third kappa shape index (κ3) is 3.70. The van der Waals surface area contributed by atoms with Crippen LogP contribution in [0.25, 0.3) is 0 Å². The maximum absolute atomic E-state index is 12.3. The lowest BCUT2D eigenvalue weighted by Gasteiger charge is -2.17. The first-order valence-electron chi connectivity index (χ1n) is 6.69. The standard InChI is InChI=1S/C17H18BrNO/c1-3-13-4-8-15(9-5-13)17(20)19(2)12-14-6-10-16(18)11-7-14/h4-11H,3,12H2,1-2H3. The zero-order chi connectivity index (χ0) is 14.5. The molecular formula is C17H18BrNO. The molecular weight excluding hydrogens is 314 g/mol. The molecule has 0 N–H and O–H groups in total. The second-order valence-corrected chi connectivity index (χ2v) is 5.75. The molecule has 0 bridgehead atoms. The fourth-order valence-corrected chi connectivity index (χ4v) is 2.30. The number of hydrogen-bond acceptors (Lipinski definition) is 1. The maximum atomic E-state index is 12.3. The van der Waals surface area contributed by atoms with E-state index in [1.807, 2.05) is 55.6 Å². The molecule has 2 rings (SSSR count). The van der Waals surface area contributed by atoms with E-state index >= 15 is 0 Å². The van der Waals surface area contributed by atoms with Gasteiger partial charge in [-0.3, -0.25) is 4.79 Å². The minimum absolute atomic E-state index is 0.0515. The first-order valence-corrected chi connectivity index (χ1v) is 7.48. The lowest BCUT2D eigenvalue weighted by molar-refractivity contribution is 0.0785. The third-order valence-electron chi connectivity index (χ3n) is 3.29. The van der Waals surface area contributed by atoms with Gasteiger partial charge in [0.25, 0.3) is 5.91 Å². The van der Waals surface area contributed by atoms with Gasteiger partial charge in [-0.05, 0) is 41.8 Å². The van der Waals surface area contributed by atoms with Crippen LogP contribution >= 0.6 is 15.9 Å². The van der Waals surface area contributed by atoms with Gasteiger partial charge in [-0.2, -0.15) is 0 Å². The van der Waals surface area contributed by atoms with E-state index in [4.69, 9.17) is 0 Å². The predicted molar refractivity (Wildman–Crippen MR) is 85.8 cm³/mol. The normalized spacial score (nSPS) is 10.3. The second-order valence-electron chi connectivity index (χ2n) is 4.84. The van der Waals surface area contributed by atoms with Crippen LogP contribution in [-0.4, -0.2) is 17.9 Å². The van der Waals surface area contributed by atoms with Gasteiger partial charge in [0.15, 0.2) is 0 Å². The van der Waals surface area contributed by atoms with Gasteiger partial charge >= 0.3 is 0 Å². The predicted octanol–water partition coefficient (Wildman–Crippen LogP) is 4.28. The van der Waals surface area contributed by atoms with Crippen molar-refractivity contribution >= 4 is 21.8 Å². The summed E-state index contributed by atoms with van der Waals surface area (Å²) in [6.07, 6.45) is 0.989. The van der Waals surface area contributed by atoms with Gasteiger partial charge in [0.1, 0.15) is 0 Å². The largest absolute Gasteiger partial charge is 0.337 e. The van der Waals surface area contributed by atoms with Crippen LogP contribution in [0.5, 0.6) is 0 Å². The highest BCUT2D eigenvalue weighted by molar-refractivity contribution is 9.10. The van der Waals surface area contributed by atoms with E-state index in [1.54, 1.807) is 4.90 Å². The summed E-state index contributed by atoms with van der Waals surface area (Å²) in [6, 6.07) is 15.9. The van der Waals surface area contributed by atoms with E-state index < -0.39 is 0 Å². The zero-order valence-electron chi connectivity index (χ0n) is 11.8. The molecule has 0 heterocycles. The van der Waals surface area contributed by atoms with Gasteiger partial charge in [-0.25, -0.2) is 0 Å². The molecule has 0 saturated heterocycles. The minimum atomic E-state index is 0.0515. The Morgan fingerprint density at radius 2 is 1.55 bits per heavy atom. The number of aryl methyl sites for hydroxylation is 1. The summed E-state index contributed by atoms with van der Waals surface area (Å²) >= 11 is 3.41. The van der Waals surface area contributed by atoms with Crippen LogP contribution in [0.15, 0.2) is 53.0 Å². The number of hydrogen-bond donors (Lipinski definition) is 0. The molecule has 1 amide bonds. The molecule has 0 saturated carbocycles. The number of carbonyl (C=O) groups is 1. The molecule has 0 aliphatic rings. The van der Waals surface area contributed by atoms with E-state index in [0.29, 0.717) is 6.54 Å². The van der Waals surface area contributed by atoms with Crippen LogP contribution in [-0.2, 0) is 13.0 Å². The first-order chi connectivity index (χ1) is 9.60. The Morgan fingerprint density at radius 1 is 1.00 bits per heavy atom. The summed E-state index contributed by atoms with van der Waals surface area (Å²) in [4.78, 5) is 14.1. The summed E-state index contributed by atoms with van der Waals surface area (Å²) in [5.74, 6) is 0.0515. The quantitative estimate of drug-likeness (QED) is 0.818. The maximum Gasteiger partial charge on any atom is 0.253 e. The van der Waals surface area contributed by atoms with E-state index in [2.05, 4.69) is 22.9 Å². The van der Waals surface area contributed by atoms with E-state index in [0.717, 1.165) is 22.0 Å². The zero-order valence-corrected chi connectivity index (χ0v) is 13.4. The van der Waals surface area contributed by atoms with Crippen LogP contribution in [0.4, 0.5) is 0 Å². The van der Waals surface area contributed by atoms with Crippen molar-refractivity contribution in [2.45, 2.75) is 19.9 Å².